The van der Waals surface area contributed by atoms with E-state index in [1.807, 2.05) is 0 Å². The first-order chi connectivity index (χ1) is 6.48. The first kappa shape index (κ1) is 11.2. The highest BCUT2D eigenvalue weighted by atomic mass is 16.5. The van der Waals surface area contributed by atoms with Gasteiger partial charge in [-0.05, 0) is 20.4 Å². The molecular formula is C9H15N2O3. The minimum Gasteiger partial charge on any atom is -0.384 e. The molecule has 1 atom stereocenters. The monoisotopic (exact) mass is 199 g/mol. The first-order valence-corrected chi connectivity index (χ1v) is 4.40. The van der Waals surface area contributed by atoms with E-state index in [-0.39, 0.29) is 6.10 Å². The zero-order valence-electron chi connectivity index (χ0n) is 8.32. The van der Waals surface area contributed by atoms with E-state index in [1.165, 1.54) is 13.8 Å². The first-order valence-electron chi connectivity index (χ1n) is 4.40. The lowest BCUT2D eigenvalue weighted by molar-refractivity contribution is 0.00131. The zero-order valence-corrected chi connectivity index (χ0v) is 8.32. The highest BCUT2D eigenvalue weighted by molar-refractivity contribution is 5.18. The Hall–Kier alpha value is -0.910. The summed E-state index contributed by atoms with van der Waals surface area (Å²) in [4.78, 5) is 0. The van der Waals surface area contributed by atoms with Crippen molar-refractivity contribution in [2.45, 2.75) is 25.9 Å². The molecule has 0 aliphatic carbocycles. The third kappa shape index (κ3) is 2.12. The van der Waals surface area contributed by atoms with Gasteiger partial charge in [-0.1, -0.05) is 5.16 Å². The molecule has 79 valence electrons. The largest absolute Gasteiger partial charge is 0.384 e. The highest BCUT2D eigenvalue weighted by Crippen LogP contribution is 2.28. The maximum atomic E-state index is 9.80. The Morgan fingerprint density at radius 1 is 1.71 bits per heavy atom. The van der Waals surface area contributed by atoms with Crippen LogP contribution in [-0.4, -0.2) is 21.9 Å². The second kappa shape index (κ2) is 4.08. The molecule has 0 aliphatic rings. The molecule has 1 aromatic heterocycles. The molecule has 0 spiro atoms. The number of aliphatic hydroxyl groups excluding tert-OH is 1. The molecule has 5 heteroatoms. The van der Waals surface area contributed by atoms with Crippen molar-refractivity contribution in [3.05, 3.63) is 23.6 Å². The lowest BCUT2D eigenvalue weighted by atomic mass is 9.96. The van der Waals surface area contributed by atoms with Crippen molar-refractivity contribution in [1.29, 1.82) is 0 Å². The quantitative estimate of drug-likeness (QED) is 0.649. The topological polar surface area (TPSA) is 92.5 Å². The maximum absolute atomic E-state index is 9.80. The average Bonchev–Trinajstić information content (AvgIpc) is 2.53. The second-order valence-electron chi connectivity index (χ2n) is 3.37. The molecule has 0 aromatic carbocycles. The van der Waals surface area contributed by atoms with E-state index in [2.05, 4.69) is 5.16 Å². The van der Waals surface area contributed by atoms with Gasteiger partial charge >= 0.3 is 0 Å². The summed E-state index contributed by atoms with van der Waals surface area (Å²) < 4.78 is 4.93. The highest BCUT2D eigenvalue weighted by Gasteiger charge is 2.33. The van der Waals surface area contributed by atoms with E-state index in [0.717, 1.165) is 0 Å². The molecule has 4 N–H and O–H groups in total. The predicted molar refractivity (Wildman–Crippen MR) is 49.7 cm³/mol. The fraction of sp³-hybridized carbons (Fsp3) is 0.556. The van der Waals surface area contributed by atoms with Crippen molar-refractivity contribution >= 4 is 0 Å². The van der Waals surface area contributed by atoms with Crippen LogP contribution in [0.4, 0.5) is 0 Å². The van der Waals surface area contributed by atoms with Crippen molar-refractivity contribution in [2.75, 3.05) is 6.54 Å². The molecular weight excluding hydrogens is 184 g/mol. The predicted octanol–water partition coefficient (Wildman–Crippen LogP) is 0.308. The number of rotatable bonds is 4. The minimum atomic E-state index is -1.46. The Balaban J connectivity index is 2.85. The fourth-order valence-electron chi connectivity index (χ4n) is 0.988. The van der Waals surface area contributed by atoms with Gasteiger partial charge in [-0.3, -0.25) is 0 Å². The summed E-state index contributed by atoms with van der Waals surface area (Å²) in [6.07, 6.45) is 0.443. The number of aliphatic hydroxyl groups is 2. The lowest BCUT2D eigenvalue weighted by Gasteiger charge is -2.22. The Morgan fingerprint density at radius 3 is 2.86 bits per heavy atom. The van der Waals surface area contributed by atoms with Crippen molar-refractivity contribution in [2.24, 2.45) is 5.73 Å². The normalized spacial score (nSPS) is 15.9. The Bertz CT molecular complexity index is 294. The Labute approximate surface area is 82.5 Å². The van der Waals surface area contributed by atoms with E-state index in [9.17, 15) is 10.2 Å². The molecule has 0 amide bonds. The van der Waals surface area contributed by atoms with Crippen molar-refractivity contribution in [3.8, 4) is 0 Å². The van der Waals surface area contributed by atoms with E-state index >= 15 is 0 Å². The molecule has 14 heavy (non-hydrogen) atoms. The smallest absolute Gasteiger partial charge is 0.138 e. The van der Waals surface area contributed by atoms with Crippen LogP contribution in [0.15, 0.2) is 10.6 Å². The van der Waals surface area contributed by atoms with Gasteiger partial charge in [0.25, 0.3) is 0 Å². The summed E-state index contributed by atoms with van der Waals surface area (Å²) in [7, 11) is 0. The van der Waals surface area contributed by atoms with Gasteiger partial charge in [-0.2, -0.15) is 0 Å². The molecule has 1 unspecified atom stereocenters. The van der Waals surface area contributed by atoms with Gasteiger partial charge in [0.15, 0.2) is 0 Å². The van der Waals surface area contributed by atoms with Gasteiger partial charge in [0, 0.05) is 12.5 Å². The summed E-state index contributed by atoms with van der Waals surface area (Å²) in [5.41, 5.74) is 4.16. The Morgan fingerprint density at radius 2 is 2.36 bits per heavy atom. The minimum absolute atomic E-state index is 0.120. The summed E-state index contributed by atoms with van der Waals surface area (Å²) in [5, 5.41) is 22.7. The molecule has 1 rings (SSSR count). The molecule has 1 heterocycles. The van der Waals surface area contributed by atoms with E-state index < -0.39 is 5.60 Å². The van der Waals surface area contributed by atoms with Crippen LogP contribution in [0, 0.1) is 6.10 Å². The van der Waals surface area contributed by atoms with Gasteiger partial charge in [0.1, 0.15) is 23.2 Å². The van der Waals surface area contributed by atoms with E-state index in [0.29, 0.717) is 24.4 Å². The van der Waals surface area contributed by atoms with Crippen LogP contribution in [0.2, 0.25) is 0 Å². The van der Waals surface area contributed by atoms with Crippen LogP contribution in [0.1, 0.15) is 25.3 Å². The summed E-state index contributed by atoms with van der Waals surface area (Å²) in [6, 6.07) is 1.59. The van der Waals surface area contributed by atoms with Gasteiger partial charge in [-0.15, -0.1) is 0 Å². The molecule has 0 saturated carbocycles. The number of hydrogen-bond donors (Lipinski definition) is 3. The average molecular weight is 199 g/mol. The van der Waals surface area contributed by atoms with Crippen molar-refractivity contribution in [1.82, 2.24) is 5.16 Å². The molecule has 0 saturated heterocycles. The zero-order chi connectivity index (χ0) is 10.8. The summed E-state index contributed by atoms with van der Waals surface area (Å²) in [5.74, 6) is 0.601. The van der Waals surface area contributed by atoms with Crippen LogP contribution in [0.25, 0.3) is 0 Å². The van der Waals surface area contributed by atoms with Gasteiger partial charge in [-0.25, -0.2) is 0 Å². The molecule has 5 nitrogen and oxygen atoms in total. The fourth-order valence-corrected chi connectivity index (χ4v) is 0.988. The number of aromatic nitrogens is 1. The standard InChI is InChI=1S/C9H15N2O3/c1-6(12)9(2,13)8-5-7(3-4-10)14-11-8/h5,12-13H,3-4,10H2,1-2H3. The molecule has 1 radical (unpaired) electrons. The van der Waals surface area contributed by atoms with Crippen LogP contribution < -0.4 is 5.73 Å². The lowest BCUT2D eigenvalue weighted by Crippen LogP contribution is -2.28. The Kier molecular flexibility index (Phi) is 3.25. The van der Waals surface area contributed by atoms with Crippen LogP contribution in [0.5, 0.6) is 0 Å². The van der Waals surface area contributed by atoms with Crippen molar-refractivity contribution < 1.29 is 14.7 Å². The summed E-state index contributed by atoms with van der Waals surface area (Å²) in [6.45, 7) is 3.32. The number of nitrogens with two attached hydrogens (primary N) is 1. The van der Waals surface area contributed by atoms with Crippen LogP contribution >= 0.6 is 0 Å². The molecule has 1 aromatic rings. The second-order valence-corrected chi connectivity index (χ2v) is 3.37. The van der Waals surface area contributed by atoms with Gasteiger partial charge < -0.3 is 20.5 Å². The molecule has 0 aliphatic heterocycles. The number of hydrogen-bond acceptors (Lipinski definition) is 5. The van der Waals surface area contributed by atoms with Crippen LogP contribution in [-0.2, 0) is 12.0 Å². The molecule has 0 bridgehead atoms. The third-order valence-electron chi connectivity index (χ3n) is 2.15. The van der Waals surface area contributed by atoms with Crippen LogP contribution in [0.3, 0.4) is 0 Å². The van der Waals surface area contributed by atoms with E-state index in [4.69, 9.17) is 10.3 Å². The summed E-state index contributed by atoms with van der Waals surface area (Å²) >= 11 is 0. The number of nitrogens with zero attached hydrogens (tertiary/aromatic N) is 1. The SMILES string of the molecule is C[C](O)C(C)(O)c1cc(CCN)on1. The van der Waals surface area contributed by atoms with Gasteiger partial charge in [0.05, 0.1) is 0 Å². The third-order valence-corrected chi connectivity index (χ3v) is 2.15. The van der Waals surface area contributed by atoms with Crippen molar-refractivity contribution in [3.63, 3.8) is 0 Å². The maximum Gasteiger partial charge on any atom is 0.138 e. The van der Waals surface area contributed by atoms with E-state index in [1.54, 1.807) is 6.07 Å². The van der Waals surface area contributed by atoms with Gasteiger partial charge in [0.2, 0.25) is 0 Å². The molecule has 0 fully saturated rings.